The molecule has 1 atom stereocenters. The lowest BCUT2D eigenvalue weighted by Crippen LogP contribution is -2.14. The zero-order chi connectivity index (χ0) is 11.3. The van der Waals surface area contributed by atoms with Crippen LogP contribution in [0, 0.1) is 0 Å². The number of hydrogen-bond donors (Lipinski definition) is 0. The van der Waals surface area contributed by atoms with E-state index in [0.717, 1.165) is 21.8 Å². The van der Waals surface area contributed by atoms with Crippen molar-refractivity contribution in [1.82, 2.24) is 0 Å². The third-order valence-electron chi connectivity index (χ3n) is 2.30. The molecule has 0 aromatic heterocycles. The fraction of sp³-hybridized carbons (Fsp3) is 1.00. The molecule has 0 aliphatic heterocycles. The molecule has 0 radical (unpaired) electrons. The van der Waals surface area contributed by atoms with Gasteiger partial charge in [-0.1, -0.05) is 48.5 Å². The second-order valence-electron chi connectivity index (χ2n) is 4.88. The first-order valence-corrected chi connectivity index (χ1v) is 8.36. The van der Waals surface area contributed by atoms with Gasteiger partial charge in [0, 0.05) is 5.25 Å². The van der Waals surface area contributed by atoms with E-state index in [-0.39, 0.29) is 7.92 Å². The summed E-state index contributed by atoms with van der Waals surface area (Å²) in [4.78, 5) is 0. The fourth-order valence-corrected chi connectivity index (χ4v) is 6.24. The Labute approximate surface area is 96.4 Å². The van der Waals surface area contributed by atoms with Crippen LogP contribution in [0.15, 0.2) is 0 Å². The van der Waals surface area contributed by atoms with Crippen LogP contribution in [0.2, 0.25) is 0 Å². The smallest absolute Gasteiger partial charge is 0.00607 e. The lowest BCUT2D eigenvalue weighted by Gasteiger charge is -2.29. The van der Waals surface area contributed by atoms with E-state index >= 15 is 0 Å². The molecule has 2 heteroatoms. The van der Waals surface area contributed by atoms with E-state index in [2.05, 4.69) is 60.2 Å². The Morgan fingerprint density at radius 1 is 0.857 bits per heavy atom. The summed E-state index contributed by atoms with van der Waals surface area (Å²) in [6, 6.07) is 0. The predicted octanol–water partition coefficient (Wildman–Crippen LogP) is 4.82. The highest BCUT2D eigenvalue weighted by Crippen LogP contribution is 2.47. The van der Waals surface area contributed by atoms with Crippen LogP contribution in [0.25, 0.3) is 0 Å². The zero-order valence-corrected chi connectivity index (χ0v) is 12.6. The summed E-state index contributed by atoms with van der Waals surface area (Å²) >= 11 is 2.13. The van der Waals surface area contributed by atoms with Crippen molar-refractivity contribution in [3.05, 3.63) is 0 Å². The summed E-state index contributed by atoms with van der Waals surface area (Å²) in [5, 5.41) is 1.62. The van der Waals surface area contributed by atoms with Crippen molar-refractivity contribution in [2.24, 2.45) is 0 Å². The minimum atomic E-state index is 0.230. The Hall–Kier alpha value is 0.780. The molecule has 0 nitrogen and oxygen atoms in total. The maximum Gasteiger partial charge on any atom is 0.00607 e. The number of rotatable bonds is 6. The molecule has 0 aromatic carbocycles. The van der Waals surface area contributed by atoms with E-state index in [9.17, 15) is 0 Å². The molecule has 0 fully saturated rings. The van der Waals surface area contributed by atoms with Crippen LogP contribution in [0.4, 0.5) is 0 Å². The number of thioether (sulfide) groups is 1. The summed E-state index contributed by atoms with van der Waals surface area (Å²) in [5.74, 6) is 0. The largest absolute Gasteiger partial charge is 0.156 e. The molecule has 0 spiro atoms. The first kappa shape index (κ1) is 14.8. The molecule has 0 N–H and O–H groups in total. The van der Waals surface area contributed by atoms with Gasteiger partial charge in [-0.15, -0.1) is 7.92 Å². The van der Waals surface area contributed by atoms with Crippen LogP contribution in [-0.2, 0) is 0 Å². The average Bonchev–Trinajstić information content (AvgIpc) is 1.97. The molecule has 14 heavy (non-hydrogen) atoms. The average molecular weight is 234 g/mol. The predicted molar refractivity (Wildman–Crippen MR) is 74.2 cm³/mol. The monoisotopic (exact) mass is 234 g/mol. The number of hydrogen-bond acceptors (Lipinski definition) is 1. The molecule has 0 saturated heterocycles. The molecule has 0 aromatic rings. The van der Waals surface area contributed by atoms with Crippen molar-refractivity contribution in [1.29, 1.82) is 0 Å². The van der Waals surface area contributed by atoms with Gasteiger partial charge in [0.1, 0.15) is 0 Å². The van der Waals surface area contributed by atoms with Crippen molar-refractivity contribution in [2.45, 2.75) is 70.3 Å². The van der Waals surface area contributed by atoms with Gasteiger partial charge >= 0.3 is 0 Å². The quantitative estimate of drug-likeness (QED) is 0.594. The molecule has 1 unspecified atom stereocenters. The van der Waals surface area contributed by atoms with Crippen molar-refractivity contribution in [3.63, 3.8) is 0 Å². The topological polar surface area (TPSA) is 0 Å². The molecule has 0 aliphatic rings. The van der Waals surface area contributed by atoms with Gasteiger partial charge in [-0.2, -0.15) is 11.8 Å². The van der Waals surface area contributed by atoms with Crippen LogP contribution >= 0.6 is 19.7 Å². The van der Waals surface area contributed by atoms with Crippen molar-refractivity contribution in [2.75, 3.05) is 6.16 Å². The van der Waals surface area contributed by atoms with Gasteiger partial charge in [0.15, 0.2) is 0 Å². The Kier molecular flexibility index (Phi) is 7.52. The summed E-state index contributed by atoms with van der Waals surface area (Å²) in [6.07, 6.45) is 1.44. The normalized spacial score (nSPS) is 14.8. The van der Waals surface area contributed by atoms with Crippen molar-refractivity contribution >= 4 is 19.7 Å². The van der Waals surface area contributed by atoms with Crippen LogP contribution in [0.1, 0.15) is 48.5 Å². The second kappa shape index (κ2) is 7.12. The molecular formula is C12H27PS. The van der Waals surface area contributed by atoms with Crippen LogP contribution < -0.4 is 0 Å². The lowest BCUT2D eigenvalue weighted by atomic mass is 10.5. The maximum absolute atomic E-state index is 2.39. The zero-order valence-electron chi connectivity index (χ0n) is 10.9. The van der Waals surface area contributed by atoms with E-state index in [1.807, 2.05) is 0 Å². The van der Waals surface area contributed by atoms with Gasteiger partial charge in [-0.25, -0.2) is 0 Å². The van der Waals surface area contributed by atoms with E-state index in [1.165, 1.54) is 6.16 Å². The summed E-state index contributed by atoms with van der Waals surface area (Å²) in [7, 11) is 0.230. The fourth-order valence-electron chi connectivity index (χ4n) is 1.82. The Balaban J connectivity index is 4.03. The standard InChI is InChI=1S/C12H27PS/c1-9(2)13(10(3)4)8-12(7)14-11(5)6/h9-12H,8H2,1-7H3. The van der Waals surface area contributed by atoms with E-state index in [0.29, 0.717) is 0 Å². The molecule has 86 valence electrons. The maximum atomic E-state index is 2.39. The van der Waals surface area contributed by atoms with Gasteiger partial charge in [0.2, 0.25) is 0 Å². The van der Waals surface area contributed by atoms with Gasteiger partial charge in [0.05, 0.1) is 0 Å². The third kappa shape index (κ3) is 6.30. The lowest BCUT2D eigenvalue weighted by molar-refractivity contribution is 0.972. The van der Waals surface area contributed by atoms with Crippen LogP contribution in [0.5, 0.6) is 0 Å². The Bertz CT molecular complexity index is 135. The molecule has 0 heterocycles. The van der Waals surface area contributed by atoms with Gasteiger partial charge < -0.3 is 0 Å². The highest BCUT2D eigenvalue weighted by molar-refractivity contribution is 8.00. The summed E-state index contributed by atoms with van der Waals surface area (Å²) in [5.41, 5.74) is 1.78. The molecule has 0 amide bonds. The second-order valence-corrected chi connectivity index (χ2v) is 10.4. The van der Waals surface area contributed by atoms with Crippen LogP contribution in [0.3, 0.4) is 0 Å². The highest BCUT2D eigenvalue weighted by Gasteiger charge is 2.19. The molecule has 0 bridgehead atoms. The van der Waals surface area contributed by atoms with Gasteiger partial charge in [0.25, 0.3) is 0 Å². The molecule has 0 rings (SSSR count). The van der Waals surface area contributed by atoms with Gasteiger partial charge in [-0.3, -0.25) is 0 Å². The molecular weight excluding hydrogens is 207 g/mol. The highest BCUT2D eigenvalue weighted by atomic mass is 32.2. The summed E-state index contributed by atoms with van der Waals surface area (Å²) in [6.45, 7) is 16.5. The third-order valence-corrected chi connectivity index (χ3v) is 7.34. The summed E-state index contributed by atoms with van der Waals surface area (Å²) < 4.78 is 0. The van der Waals surface area contributed by atoms with Crippen molar-refractivity contribution < 1.29 is 0 Å². The molecule has 0 aliphatic carbocycles. The first-order chi connectivity index (χ1) is 6.34. The first-order valence-electron chi connectivity index (χ1n) is 5.75. The Morgan fingerprint density at radius 3 is 1.57 bits per heavy atom. The van der Waals surface area contributed by atoms with E-state index in [1.54, 1.807) is 0 Å². The molecule has 0 saturated carbocycles. The van der Waals surface area contributed by atoms with Crippen molar-refractivity contribution in [3.8, 4) is 0 Å². The van der Waals surface area contributed by atoms with E-state index < -0.39 is 0 Å². The van der Waals surface area contributed by atoms with Gasteiger partial charge in [-0.05, 0) is 22.7 Å². The SMILES string of the molecule is CC(C)SC(C)CP(C(C)C)C(C)C. The minimum Gasteiger partial charge on any atom is -0.156 e. The van der Waals surface area contributed by atoms with E-state index in [4.69, 9.17) is 0 Å². The van der Waals surface area contributed by atoms with Crippen LogP contribution in [-0.4, -0.2) is 28.0 Å². The Morgan fingerprint density at radius 2 is 1.29 bits per heavy atom. The minimum absolute atomic E-state index is 0.230.